The molecule has 19 heavy (non-hydrogen) atoms. The lowest BCUT2D eigenvalue weighted by Gasteiger charge is -2.42. The maximum atomic E-state index is 3.80. The molecule has 0 aromatic rings. The van der Waals surface area contributed by atoms with Crippen LogP contribution in [0, 0.1) is 29.6 Å². The molecular formula is C18H35N. The molecular weight excluding hydrogens is 230 g/mol. The third-order valence-corrected chi connectivity index (χ3v) is 5.93. The Balaban J connectivity index is 1.94. The minimum atomic E-state index is 0.880. The van der Waals surface area contributed by atoms with Crippen LogP contribution in [0.4, 0.5) is 0 Å². The molecule has 2 aliphatic carbocycles. The van der Waals surface area contributed by atoms with E-state index in [0.717, 1.165) is 35.6 Å². The van der Waals surface area contributed by atoms with E-state index in [1.54, 1.807) is 0 Å². The largest absolute Gasteiger partial charge is 0.314 e. The lowest BCUT2D eigenvalue weighted by molar-refractivity contribution is 0.0925. The van der Waals surface area contributed by atoms with Gasteiger partial charge in [-0.15, -0.1) is 0 Å². The molecule has 0 amide bonds. The fraction of sp³-hybridized carbons (Fsp3) is 1.00. The summed E-state index contributed by atoms with van der Waals surface area (Å²) in [5, 5.41) is 3.80. The van der Waals surface area contributed by atoms with Crippen molar-refractivity contribution in [2.24, 2.45) is 29.6 Å². The number of hydrogen-bond donors (Lipinski definition) is 1. The lowest BCUT2D eigenvalue weighted by Crippen LogP contribution is -2.38. The Labute approximate surface area is 120 Å². The zero-order valence-corrected chi connectivity index (χ0v) is 13.6. The highest BCUT2D eigenvalue weighted by atomic mass is 14.9. The molecule has 0 aromatic carbocycles. The zero-order valence-electron chi connectivity index (χ0n) is 13.6. The van der Waals surface area contributed by atoms with Crippen molar-refractivity contribution in [1.82, 2.24) is 5.32 Å². The second-order valence-electron chi connectivity index (χ2n) is 7.50. The molecule has 0 radical (unpaired) electrons. The average Bonchev–Trinajstić information content (AvgIpc) is 3.22. The van der Waals surface area contributed by atoms with E-state index in [2.05, 4.69) is 33.0 Å². The molecule has 0 aliphatic heterocycles. The molecule has 0 bridgehead atoms. The van der Waals surface area contributed by atoms with Gasteiger partial charge in [0.05, 0.1) is 0 Å². The molecule has 1 heteroatoms. The van der Waals surface area contributed by atoms with Crippen LogP contribution in [0.5, 0.6) is 0 Å². The Morgan fingerprint density at radius 2 is 1.68 bits per heavy atom. The van der Waals surface area contributed by atoms with Crippen molar-refractivity contribution in [2.75, 3.05) is 6.54 Å². The first-order valence-electron chi connectivity index (χ1n) is 8.89. The zero-order chi connectivity index (χ0) is 13.8. The topological polar surface area (TPSA) is 12.0 Å². The van der Waals surface area contributed by atoms with Gasteiger partial charge in [-0.25, -0.2) is 0 Å². The third-order valence-electron chi connectivity index (χ3n) is 5.93. The van der Waals surface area contributed by atoms with E-state index in [0.29, 0.717) is 0 Å². The van der Waals surface area contributed by atoms with Crippen molar-refractivity contribution in [2.45, 2.75) is 78.7 Å². The molecule has 3 atom stereocenters. The Bertz CT molecular complexity index is 252. The maximum absolute atomic E-state index is 3.80. The summed E-state index contributed by atoms with van der Waals surface area (Å²) in [6.07, 6.45) is 10.1. The predicted octanol–water partition coefficient (Wildman–Crippen LogP) is 4.86. The van der Waals surface area contributed by atoms with E-state index < -0.39 is 0 Å². The van der Waals surface area contributed by atoms with E-state index >= 15 is 0 Å². The second kappa shape index (κ2) is 7.11. The van der Waals surface area contributed by atoms with Crippen LogP contribution in [0.1, 0.15) is 72.6 Å². The minimum absolute atomic E-state index is 0.880. The fourth-order valence-electron chi connectivity index (χ4n) is 4.24. The molecule has 0 saturated heterocycles. The standard InChI is InChI=1S/C18H35N/c1-5-14(6-2)18-11-15(13(3)4)7-8-16(18)12-19-17-9-10-17/h13-19H,5-12H2,1-4H3. The quantitative estimate of drug-likeness (QED) is 0.693. The van der Waals surface area contributed by atoms with E-state index in [4.69, 9.17) is 0 Å². The van der Waals surface area contributed by atoms with Crippen molar-refractivity contribution < 1.29 is 0 Å². The Morgan fingerprint density at radius 1 is 1.00 bits per heavy atom. The summed E-state index contributed by atoms with van der Waals surface area (Å²) < 4.78 is 0. The number of nitrogens with one attached hydrogen (secondary N) is 1. The minimum Gasteiger partial charge on any atom is -0.314 e. The van der Waals surface area contributed by atoms with Crippen molar-refractivity contribution in [1.29, 1.82) is 0 Å². The molecule has 1 N–H and O–H groups in total. The number of rotatable bonds is 7. The maximum Gasteiger partial charge on any atom is 0.00683 e. The Kier molecular flexibility index (Phi) is 5.74. The summed E-state index contributed by atoms with van der Waals surface area (Å²) in [6, 6.07) is 0.880. The van der Waals surface area contributed by atoms with E-state index in [-0.39, 0.29) is 0 Å². The van der Waals surface area contributed by atoms with Gasteiger partial charge in [-0.2, -0.15) is 0 Å². The molecule has 2 aliphatic rings. The molecule has 2 saturated carbocycles. The second-order valence-corrected chi connectivity index (χ2v) is 7.50. The van der Waals surface area contributed by atoms with Gasteiger partial charge in [-0.1, -0.05) is 40.5 Å². The van der Waals surface area contributed by atoms with Gasteiger partial charge in [0.15, 0.2) is 0 Å². The van der Waals surface area contributed by atoms with Crippen LogP contribution in [0.3, 0.4) is 0 Å². The van der Waals surface area contributed by atoms with Gasteiger partial charge >= 0.3 is 0 Å². The van der Waals surface area contributed by atoms with Crippen LogP contribution >= 0.6 is 0 Å². The highest BCUT2D eigenvalue weighted by Crippen LogP contribution is 2.43. The van der Waals surface area contributed by atoms with Gasteiger partial charge in [0.25, 0.3) is 0 Å². The van der Waals surface area contributed by atoms with Gasteiger partial charge in [0, 0.05) is 6.04 Å². The first-order chi connectivity index (χ1) is 9.15. The smallest absolute Gasteiger partial charge is 0.00683 e. The van der Waals surface area contributed by atoms with Crippen molar-refractivity contribution in [3.63, 3.8) is 0 Å². The van der Waals surface area contributed by atoms with E-state index in [1.807, 2.05) is 0 Å². The predicted molar refractivity (Wildman–Crippen MR) is 84.3 cm³/mol. The van der Waals surface area contributed by atoms with Crippen molar-refractivity contribution in [3.8, 4) is 0 Å². The Hall–Kier alpha value is -0.0400. The van der Waals surface area contributed by atoms with Gasteiger partial charge in [0.1, 0.15) is 0 Å². The van der Waals surface area contributed by atoms with Crippen LogP contribution in [0.25, 0.3) is 0 Å². The average molecular weight is 265 g/mol. The molecule has 0 spiro atoms. The summed E-state index contributed by atoms with van der Waals surface area (Å²) in [4.78, 5) is 0. The summed E-state index contributed by atoms with van der Waals surface area (Å²) in [7, 11) is 0. The first kappa shape index (κ1) is 15.4. The van der Waals surface area contributed by atoms with Gasteiger partial charge in [-0.3, -0.25) is 0 Å². The molecule has 0 aromatic heterocycles. The van der Waals surface area contributed by atoms with Crippen LogP contribution in [-0.4, -0.2) is 12.6 Å². The highest BCUT2D eigenvalue weighted by molar-refractivity contribution is 4.88. The highest BCUT2D eigenvalue weighted by Gasteiger charge is 2.35. The van der Waals surface area contributed by atoms with Crippen LogP contribution in [0.15, 0.2) is 0 Å². The van der Waals surface area contributed by atoms with E-state index in [9.17, 15) is 0 Å². The SMILES string of the molecule is CCC(CC)C1CC(C(C)C)CCC1CNC1CC1. The van der Waals surface area contributed by atoms with Gasteiger partial charge < -0.3 is 5.32 Å². The summed E-state index contributed by atoms with van der Waals surface area (Å²) in [6.45, 7) is 11.0. The third kappa shape index (κ3) is 4.21. The summed E-state index contributed by atoms with van der Waals surface area (Å²) in [5.41, 5.74) is 0. The molecule has 1 nitrogen and oxygen atoms in total. The Morgan fingerprint density at radius 3 is 2.21 bits per heavy atom. The molecule has 3 unspecified atom stereocenters. The van der Waals surface area contributed by atoms with Gasteiger partial charge in [0.2, 0.25) is 0 Å². The van der Waals surface area contributed by atoms with Crippen molar-refractivity contribution >= 4 is 0 Å². The van der Waals surface area contributed by atoms with Crippen molar-refractivity contribution in [3.05, 3.63) is 0 Å². The lowest BCUT2D eigenvalue weighted by atomic mass is 9.65. The van der Waals surface area contributed by atoms with Gasteiger partial charge in [-0.05, 0) is 68.2 Å². The van der Waals surface area contributed by atoms with Crippen LogP contribution < -0.4 is 5.32 Å². The molecule has 0 heterocycles. The molecule has 112 valence electrons. The molecule has 2 rings (SSSR count). The fourth-order valence-corrected chi connectivity index (χ4v) is 4.24. The number of hydrogen-bond acceptors (Lipinski definition) is 1. The van der Waals surface area contributed by atoms with Crippen LogP contribution in [-0.2, 0) is 0 Å². The summed E-state index contributed by atoms with van der Waals surface area (Å²) >= 11 is 0. The summed E-state index contributed by atoms with van der Waals surface area (Å²) in [5.74, 6) is 4.78. The van der Waals surface area contributed by atoms with E-state index in [1.165, 1.54) is 51.5 Å². The molecule has 2 fully saturated rings. The van der Waals surface area contributed by atoms with Crippen LogP contribution in [0.2, 0.25) is 0 Å². The normalized spacial score (nSPS) is 32.2. The first-order valence-corrected chi connectivity index (χ1v) is 8.89. The monoisotopic (exact) mass is 265 g/mol.